The van der Waals surface area contributed by atoms with Crippen LogP contribution >= 0.6 is 39.3 Å². The van der Waals surface area contributed by atoms with Crippen LogP contribution in [-0.4, -0.2) is 6.29 Å². The van der Waals surface area contributed by atoms with E-state index in [0.717, 1.165) is 9.37 Å². The minimum atomic E-state index is 0.309. The summed E-state index contributed by atoms with van der Waals surface area (Å²) in [6.45, 7) is 0. The molecule has 0 amide bonds. The molecule has 0 bridgehead atoms. The van der Waals surface area contributed by atoms with E-state index in [2.05, 4.69) is 15.9 Å². The summed E-state index contributed by atoms with van der Waals surface area (Å²) in [5.41, 5.74) is 0. The fourth-order valence-electron chi connectivity index (χ4n) is 1.11. The fourth-order valence-corrected chi connectivity index (χ4v) is 2.56. The van der Waals surface area contributed by atoms with Gasteiger partial charge in [0.15, 0.2) is 17.1 Å². The van der Waals surface area contributed by atoms with E-state index in [4.69, 9.17) is 16.0 Å². The van der Waals surface area contributed by atoms with Crippen molar-refractivity contribution in [2.24, 2.45) is 0 Å². The molecule has 16 heavy (non-hydrogen) atoms. The van der Waals surface area contributed by atoms with Gasteiger partial charge in [-0.25, -0.2) is 0 Å². The maximum atomic E-state index is 10.5. The van der Waals surface area contributed by atoms with Crippen molar-refractivity contribution in [1.82, 2.24) is 0 Å². The van der Waals surface area contributed by atoms with Gasteiger partial charge in [0, 0.05) is 16.0 Å². The number of benzene rings is 1. The number of hydrogen-bond donors (Lipinski definition) is 0. The van der Waals surface area contributed by atoms with Crippen LogP contribution in [0.3, 0.4) is 0 Å². The van der Waals surface area contributed by atoms with Gasteiger partial charge >= 0.3 is 0 Å². The Morgan fingerprint density at radius 3 is 2.56 bits per heavy atom. The monoisotopic (exact) mass is 316 g/mol. The molecule has 0 unspecified atom stereocenters. The summed E-state index contributed by atoms with van der Waals surface area (Å²) in [4.78, 5) is 11.5. The van der Waals surface area contributed by atoms with Gasteiger partial charge in [0.05, 0.1) is 4.47 Å². The van der Waals surface area contributed by atoms with Gasteiger partial charge in [0.1, 0.15) is 0 Å². The highest BCUT2D eigenvalue weighted by Gasteiger charge is 2.09. The SMILES string of the molecule is O=Cc1cc(Br)c(Sc2ccc(Cl)cc2)o1. The Labute approximate surface area is 110 Å². The minimum Gasteiger partial charge on any atom is -0.445 e. The molecule has 0 N–H and O–H groups in total. The number of carbonyl (C=O) groups excluding carboxylic acids is 1. The molecule has 0 spiro atoms. The third kappa shape index (κ3) is 2.70. The number of aldehydes is 1. The molecule has 0 aliphatic rings. The molecule has 0 saturated carbocycles. The first-order valence-corrected chi connectivity index (χ1v) is 6.36. The Kier molecular flexibility index (Phi) is 3.74. The van der Waals surface area contributed by atoms with Gasteiger partial charge in [0.2, 0.25) is 0 Å². The maximum Gasteiger partial charge on any atom is 0.185 e. The zero-order valence-corrected chi connectivity index (χ0v) is 11.1. The van der Waals surface area contributed by atoms with E-state index in [9.17, 15) is 4.79 Å². The molecular weight excluding hydrogens is 312 g/mol. The molecule has 2 nitrogen and oxygen atoms in total. The largest absolute Gasteiger partial charge is 0.445 e. The molecule has 2 aromatic rings. The number of hydrogen-bond acceptors (Lipinski definition) is 3. The third-order valence-corrected chi connectivity index (χ3v) is 3.91. The Morgan fingerprint density at radius 1 is 1.31 bits per heavy atom. The van der Waals surface area contributed by atoms with E-state index in [-0.39, 0.29) is 0 Å². The second-order valence-corrected chi connectivity index (χ2v) is 5.30. The Morgan fingerprint density at radius 2 is 2.00 bits per heavy atom. The van der Waals surface area contributed by atoms with Gasteiger partial charge in [-0.15, -0.1) is 0 Å². The fraction of sp³-hybridized carbons (Fsp3) is 0. The second kappa shape index (κ2) is 5.08. The van der Waals surface area contributed by atoms with Gasteiger partial charge in [-0.2, -0.15) is 0 Å². The topological polar surface area (TPSA) is 30.2 Å². The van der Waals surface area contributed by atoms with Crippen molar-refractivity contribution in [3.8, 4) is 0 Å². The summed E-state index contributed by atoms with van der Waals surface area (Å²) < 4.78 is 6.09. The van der Waals surface area contributed by atoms with Gasteiger partial charge in [-0.05, 0) is 40.2 Å². The highest BCUT2D eigenvalue weighted by atomic mass is 79.9. The van der Waals surface area contributed by atoms with Crippen molar-refractivity contribution < 1.29 is 9.21 Å². The average molecular weight is 318 g/mol. The first-order valence-electron chi connectivity index (χ1n) is 4.37. The summed E-state index contributed by atoms with van der Waals surface area (Å²) >= 11 is 10.5. The lowest BCUT2D eigenvalue weighted by Gasteiger charge is -1.98. The van der Waals surface area contributed by atoms with Crippen LogP contribution in [0.1, 0.15) is 10.6 Å². The van der Waals surface area contributed by atoms with E-state index in [1.807, 2.05) is 12.1 Å². The van der Waals surface area contributed by atoms with Crippen LogP contribution < -0.4 is 0 Å². The number of rotatable bonds is 3. The quantitative estimate of drug-likeness (QED) is 0.771. The zero-order valence-electron chi connectivity index (χ0n) is 7.94. The zero-order chi connectivity index (χ0) is 11.5. The van der Waals surface area contributed by atoms with Crippen LogP contribution in [0.5, 0.6) is 0 Å². The Hall–Kier alpha value is -0.710. The molecule has 2 rings (SSSR count). The number of carbonyl (C=O) groups is 1. The van der Waals surface area contributed by atoms with E-state index in [1.165, 1.54) is 11.8 Å². The number of halogens is 2. The van der Waals surface area contributed by atoms with Crippen LogP contribution in [0.15, 0.2) is 49.2 Å². The van der Waals surface area contributed by atoms with Crippen LogP contribution in [0.25, 0.3) is 0 Å². The molecule has 1 aromatic carbocycles. The molecule has 5 heteroatoms. The van der Waals surface area contributed by atoms with Crippen molar-refractivity contribution in [3.05, 3.63) is 45.6 Å². The highest BCUT2D eigenvalue weighted by molar-refractivity contribution is 9.10. The van der Waals surface area contributed by atoms with Crippen molar-refractivity contribution in [3.63, 3.8) is 0 Å². The standard InChI is InChI=1S/C11H6BrClO2S/c12-10-5-8(6-14)15-11(10)16-9-3-1-7(13)2-4-9/h1-6H. The summed E-state index contributed by atoms with van der Waals surface area (Å²) in [5, 5.41) is 1.35. The van der Waals surface area contributed by atoms with Crippen LogP contribution in [-0.2, 0) is 0 Å². The average Bonchev–Trinajstić information content (AvgIpc) is 2.63. The van der Waals surface area contributed by atoms with E-state index >= 15 is 0 Å². The lowest BCUT2D eigenvalue weighted by Crippen LogP contribution is -1.71. The highest BCUT2D eigenvalue weighted by Crippen LogP contribution is 2.35. The predicted octanol–water partition coefficient (Wildman–Crippen LogP) is 4.66. The predicted molar refractivity (Wildman–Crippen MR) is 67.4 cm³/mol. The van der Waals surface area contributed by atoms with E-state index in [1.54, 1.807) is 18.2 Å². The molecule has 0 fully saturated rings. The van der Waals surface area contributed by atoms with Crippen LogP contribution in [0.2, 0.25) is 5.02 Å². The summed E-state index contributed by atoms with van der Waals surface area (Å²) in [6.07, 6.45) is 0.677. The molecule has 1 aromatic heterocycles. The van der Waals surface area contributed by atoms with Crippen molar-refractivity contribution in [2.45, 2.75) is 9.99 Å². The molecule has 1 heterocycles. The van der Waals surface area contributed by atoms with Crippen molar-refractivity contribution in [1.29, 1.82) is 0 Å². The Bertz CT molecular complexity index is 507. The van der Waals surface area contributed by atoms with Crippen molar-refractivity contribution >= 4 is 45.6 Å². The first kappa shape index (κ1) is 11.8. The second-order valence-electron chi connectivity index (χ2n) is 2.96. The normalized spacial score (nSPS) is 10.4. The lowest BCUT2D eigenvalue weighted by atomic mass is 10.4. The Balaban J connectivity index is 2.23. The molecule has 0 radical (unpaired) electrons. The molecule has 0 atom stereocenters. The summed E-state index contributed by atoms with van der Waals surface area (Å²) in [7, 11) is 0. The van der Waals surface area contributed by atoms with Gasteiger partial charge in [0.25, 0.3) is 0 Å². The summed E-state index contributed by atoms with van der Waals surface area (Å²) in [5.74, 6) is 0.309. The van der Waals surface area contributed by atoms with Gasteiger partial charge in [-0.3, -0.25) is 4.79 Å². The minimum absolute atomic E-state index is 0.309. The van der Waals surface area contributed by atoms with Gasteiger partial charge in [-0.1, -0.05) is 23.4 Å². The van der Waals surface area contributed by atoms with Gasteiger partial charge < -0.3 is 4.42 Å². The maximum absolute atomic E-state index is 10.5. The molecule has 0 saturated heterocycles. The van der Waals surface area contributed by atoms with Crippen LogP contribution in [0, 0.1) is 0 Å². The van der Waals surface area contributed by atoms with Crippen LogP contribution in [0.4, 0.5) is 0 Å². The molecule has 0 aliphatic heterocycles. The van der Waals surface area contributed by atoms with E-state index < -0.39 is 0 Å². The molecular formula is C11H6BrClO2S. The third-order valence-electron chi connectivity index (χ3n) is 1.81. The van der Waals surface area contributed by atoms with Crippen molar-refractivity contribution in [2.75, 3.05) is 0 Å². The van der Waals surface area contributed by atoms with E-state index in [0.29, 0.717) is 22.2 Å². The molecule has 0 aliphatic carbocycles. The molecule has 82 valence electrons. The number of furan rings is 1. The lowest BCUT2D eigenvalue weighted by molar-refractivity contribution is 0.109. The summed E-state index contributed by atoms with van der Waals surface area (Å²) in [6, 6.07) is 9.04. The smallest absolute Gasteiger partial charge is 0.185 e. The first-order chi connectivity index (χ1) is 7.69.